The third kappa shape index (κ3) is 2.59. The highest BCUT2D eigenvalue weighted by molar-refractivity contribution is 5.65. The van der Waals surface area contributed by atoms with E-state index in [1.54, 1.807) is 0 Å². The summed E-state index contributed by atoms with van der Waals surface area (Å²) in [5, 5.41) is 8.95. The van der Waals surface area contributed by atoms with Gasteiger partial charge in [-0.1, -0.05) is 30.3 Å². The summed E-state index contributed by atoms with van der Waals surface area (Å²) >= 11 is 0. The maximum Gasteiger partial charge on any atom is 0.145 e. The Kier molecular flexibility index (Phi) is 3.57. The molecule has 4 heteroatoms. The van der Waals surface area contributed by atoms with Crippen molar-refractivity contribution in [3.63, 3.8) is 0 Å². The Morgan fingerprint density at radius 2 is 2.00 bits per heavy atom. The van der Waals surface area contributed by atoms with Crippen LogP contribution < -0.4 is 4.74 Å². The molecule has 3 aromatic rings. The van der Waals surface area contributed by atoms with Crippen LogP contribution in [0.25, 0.3) is 5.52 Å². The Hall–Kier alpha value is -2.80. The second-order valence-corrected chi connectivity index (χ2v) is 4.81. The van der Waals surface area contributed by atoms with E-state index in [0.717, 1.165) is 28.3 Å². The van der Waals surface area contributed by atoms with E-state index in [1.807, 2.05) is 60.0 Å². The Morgan fingerprint density at radius 3 is 2.76 bits per heavy atom. The van der Waals surface area contributed by atoms with Crippen LogP contribution in [0.5, 0.6) is 5.75 Å². The zero-order valence-corrected chi connectivity index (χ0v) is 11.8. The van der Waals surface area contributed by atoms with Gasteiger partial charge >= 0.3 is 0 Å². The molecule has 0 radical (unpaired) electrons. The summed E-state index contributed by atoms with van der Waals surface area (Å²) in [7, 11) is 0. The lowest BCUT2D eigenvalue weighted by Gasteiger charge is -2.09. The van der Waals surface area contributed by atoms with Crippen LogP contribution in [0, 0.1) is 18.3 Å². The molecule has 0 fully saturated rings. The zero-order valence-electron chi connectivity index (χ0n) is 11.8. The fourth-order valence-corrected chi connectivity index (χ4v) is 2.39. The first kappa shape index (κ1) is 13.2. The molecule has 0 aliphatic carbocycles. The van der Waals surface area contributed by atoms with Gasteiger partial charge in [-0.05, 0) is 24.6 Å². The number of aromatic nitrogens is 2. The number of imidazole rings is 1. The fourth-order valence-electron chi connectivity index (χ4n) is 2.39. The third-order valence-corrected chi connectivity index (χ3v) is 3.36. The summed E-state index contributed by atoms with van der Waals surface area (Å²) in [6, 6.07) is 16.0. The molecular weight excluding hydrogens is 262 g/mol. The minimum absolute atomic E-state index is 0.281. The molecule has 104 valence electrons. The lowest BCUT2D eigenvalue weighted by Crippen LogP contribution is -1.98. The van der Waals surface area contributed by atoms with Crippen molar-refractivity contribution in [3.05, 3.63) is 65.7 Å². The molecule has 0 spiro atoms. The monoisotopic (exact) mass is 277 g/mol. The Morgan fingerprint density at radius 1 is 1.19 bits per heavy atom. The highest BCUT2D eigenvalue weighted by Crippen LogP contribution is 2.25. The standard InChI is InChI=1S/C17H15N3O/c1-13-19-15(9-10-18)17-16(8-5-11-20(13)17)21-12-14-6-3-2-4-7-14/h2-8,11H,9,12H2,1H3. The fraction of sp³-hybridized carbons (Fsp3) is 0.176. The molecule has 0 bridgehead atoms. The van der Waals surface area contributed by atoms with Crippen molar-refractivity contribution in [1.82, 2.24) is 9.38 Å². The molecule has 0 saturated carbocycles. The predicted molar refractivity (Wildman–Crippen MR) is 80.0 cm³/mol. The number of benzene rings is 1. The Balaban J connectivity index is 1.96. The van der Waals surface area contributed by atoms with E-state index in [4.69, 9.17) is 10.00 Å². The van der Waals surface area contributed by atoms with Gasteiger partial charge < -0.3 is 9.14 Å². The molecule has 2 heterocycles. The number of fused-ring (bicyclic) bond motifs is 1. The Labute approximate surface area is 123 Å². The number of pyridine rings is 1. The molecule has 0 atom stereocenters. The molecule has 4 nitrogen and oxygen atoms in total. The minimum Gasteiger partial charge on any atom is -0.487 e. The quantitative estimate of drug-likeness (QED) is 0.735. The predicted octanol–water partition coefficient (Wildman–Crippen LogP) is 3.29. The van der Waals surface area contributed by atoms with E-state index in [-0.39, 0.29) is 6.42 Å². The van der Waals surface area contributed by atoms with Crippen molar-refractivity contribution in [2.24, 2.45) is 0 Å². The van der Waals surface area contributed by atoms with Gasteiger partial charge in [0.05, 0.1) is 18.2 Å². The summed E-state index contributed by atoms with van der Waals surface area (Å²) in [6.07, 6.45) is 2.22. The van der Waals surface area contributed by atoms with Crippen LogP contribution in [0.2, 0.25) is 0 Å². The van der Waals surface area contributed by atoms with Crippen molar-refractivity contribution in [1.29, 1.82) is 5.26 Å². The molecule has 1 aromatic carbocycles. The van der Waals surface area contributed by atoms with E-state index >= 15 is 0 Å². The van der Waals surface area contributed by atoms with E-state index in [1.165, 1.54) is 0 Å². The number of nitriles is 1. The largest absolute Gasteiger partial charge is 0.487 e. The van der Waals surface area contributed by atoms with Crippen molar-refractivity contribution in [3.8, 4) is 11.8 Å². The molecule has 2 aromatic heterocycles. The lowest BCUT2D eigenvalue weighted by molar-refractivity contribution is 0.308. The topological polar surface area (TPSA) is 50.3 Å². The molecule has 0 aliphatic heterocycles. The number of rotatable bonds is 4. The van der Waals surface area contributed by atoms with Crippen LogP contribution >= 0.6 is 0 Å². The number of hydrogen-bond donors (Lipinski definition) is 0. The highest BCUT2D eigenvalue weighted by Gasteiger charge is 2.13. The van der Waals surface area contributed by atoms with Gasteiger partial charge in [-0.25, -0.2) is 4.98 Å². The van der Waals surface area contributed by atoms with Gasteiger partial charge in [0.25, 0.3) is 0 Å². The van der Waals surface area contributed by atoms with Crippen molar-refractivity contribution < 1.29 is 4.74 Å². The number of ether oxygens (including phenoxy) is 1. The molecule has 0 N–H and O–H groups in total. The summed E-state index contributed by atoms with van der Waals surface area (Å²) in [4.78, 5) is 4.46. The highest BCUT2D eigenvalue weighted by atomic mass is 16.5. The van der Waals surface area contributed by atoms with Gasteiger partial charge in [0.1, 0.15) is 23.7 Å². The van der Waals surface area contributed by atoms with Crippen molar-refractivity contribution in [2.75, 3.05) is 0 Å². The minimum atomic E-state index is 0.281. The lowest BCUT2D eigenvalue weighted by atomic mass is 10.2. The average Bonchev–Trinajstić information content (AvgIpc) is 2.84. The first-order chi connectivity index (χ1) is 10.3. The maximum absolute atomic E-state index is 8.95. The van der Waals surface area contributed by atoms with Crippen molar-refractivity contribution in [2.45, 2.75) is 20.0 Å². The van der Waals surface area contributed by atoms with Crippen LogP contribution in [0.3, 0.4) is 0 Å². The van der Waals surface area contributed by atoms with Crippen molar-refractivity contribution >= 4 is 5.52 Å². The summed E-state index contributed by atoms with van der Waals surface area (Å²) in [6.45, 7) is 2.42. The summed E-state index contributed by atoms with van der Waals surface area (Å²) in [5.41, 5.74) is 2.75. The van der Waals surface area contributed by atoms with Crippen LogP contribution in [0.15, 0.2) is 48.7 Å². The van der Waals surface area contributed by atoms with E-state index < -0.39 is 0 Å². The first-order valence-electron chi connectivity index (χ1n) is 6.80. The molecule has 0 amide bonds. The SMILES string of the molecule is Cc1nc(CC#N)c2c(OCc3ccccc3)cccn12. The molecule has 0 unspecified atom stereocenters. The second kappa shape index (κ2) is 5.68. The second-order valence-electron chi connectivity index (χ2n) is 4.81. The smallest absolute Gasteiger partial charge is 0.145 e. The maximum atomic E-state index is 8.95. The van der Waals surface area contributed by atoms with E-state index in [0.29, 0.717) is 6.61 Å². The molecular formula is C17H15N3O. The van der Waals surface area contributed by atoms with E-state index in [9.17, 15) is 0 Å². The van der Waals surface area contributed by atoms with Gasteiger partial charge in [-0.3, -0.25) is 0 Å². The number of aryl methyl sites for hydroxylation is 1. The number of hydrogen-bond acceptors (Lipinski definition) is 3. The molecule has 21 heavy (non-hydrogen) atoms. The van der Waals surface area contributed by atoms with Gasteiger partial charge in [0.2, 0.25) is 0 Å². The molecule has 3 rings (SSSR count). The van der Waals surface area contributed by atoms with Gasteiger partial charge in [-0.2, -0.15) is 5.26 Å². The van der Waals surface area contributed by atoms with Crippen LogP contribution in [0.1, 0.15) is 17.1 Å². The van der Waals surface area contributed by atoms with Crippen LogP contribution in [0.4, 0.5) is 0 Å². The van der Waals surface area contributed by atoms with Crippen LogP contribution in [-0.4, -0.2) is 9.38 Å². The van der Waals surface area contributed by atoms with Gasteiger partial charge in [0, 0.05) is 6.20 Å². The van der Waals surface area contributed by atoms with Gasteiger partial charge in [-0.15, -0.1) is 0 Å². The van der Waals surface area contributed by atoms with Crippen LogP contribution in [-0.2, 0) is 13.0 Å². The summed E-state index contributed by atoms with van der Waals surface area (Å²) < 4.78 is 7.90. The van der Waals surface area contributed by atoms with E-state index in [2.05, 4.69) is 11.1 Å². The number of nitrogens with zero attached hydrogens (tertiary/aromatic N) is 3. The molecule has 0 saturated heterocycles. The Bertz CT molecular complexity index is 800. The third-order valence-electron chi connectivity index (χ3n) is 3.36. The molecule has 0 aliphatic rings. The zero-order chi connectivity index (χ0) is 14.7. The van der Waals surface area contributed by atoms with Gasteiger partial charge in [0.15, 0.2) is 0 Å². The normalized spacial score (nSPS) is 10.5. The average molecular weight is 277 g/mol. The first-order valence-corrected chi connectivity index (χ1v) is 6.80. The summed E-state index contributed by atoms with van der Waals surface area (Å²) in [5.74, 6) is 1.62.